The van der Waals surface area contributed by atoms with E-state index in [-0.39, 0.29) is 17.9 Å². The fourth-order valence-corrected chi connectivity index (χ4v) is 3.20. The van der Waals surface area contributed by atoms with E-state index < -0.39 is 29.3 Å². The molecule has 2 aliphatic rings. The quantitative estimate of drug-likeness (QED) is 0.784. The van der Waals surface area contributed by atoms with Gasteiger partial charge in [0.05, 0.1) is 11.8 Å². The first-order valence-corrected chi connectivity index (χ1v) is 7.01. The van der Waals surface area contributed by atoms with Crippen LogP contribution >= 0.6 is 0 Å². The second kappa shape index (κ2) is 4.75. The third-order valence-electron chi connectivity index (χ3n) is 4.56. The number of aliphatic carboxylic acids is 1. The van der Waals surface area contributed by atoms with Gasteiger partial charge in [-0.1, -0.05) is 13.8 Å². The molecular formula is C14H22N2O4. The maximum absolute atomic E-state index is 12.2. The summed E-state index contributed by atoms with van der Waals surface area (Å²) in [5.74, 6) is -2.53. The Balaban J connectivity index is 1.97. The molecule has 1 aliphatic carbocycles. The number of rotatable bonds is 4. The van der Waals surface area contributed by atoms with Gasteiger partial charge in [0.25, 0.3) is 0 Å². The first-order valence-electron chi connectivity index (χ1n) is 7.01. The fourth-order valence-electron chi connectivity index (χ4n) is 3.20. The molecule has 2 N–H and O–H groups in total. The van der Waals surface area contributed by atoms with Gasteiger partial charge in [-0.2, -0.15) is 0 Å². The third kappa shape index (κ3) is 2.27. The molecule has 2 fully saturated rings. The molecule has 0 radical (unpaired) electrons. The summed E-state index contributed by atoms with van der Waals surface area (Å²) in [4.78, 5) is 37.1. The van der Waals surface area contributed by atoms with Crippen LogP contribution in [0.4, 0.5) is 0 Å². The monoisotopic (exact) mass is 282 g/mol. The van der Waals surface area contributed by atoms with Gasteiger partial charge >= 0.3 is 5.97 Å². The highest BCUT2D eigenvalue weighted by atomic mass is 16.4. The zero-order valence-electron chi connectivity index (χ0n) is 12.3. The summed E-state index contributed by atoms with van der Waals surface area (Å²) in [6.45, 7) is 8.05. The first kappa shape index (κ1) is 14.8. The van der Waals surface area contributed by atoms with Gasteiger partial charge < -0.3 is 15.3 Å². The Kier molecular flexibility index (Phi) is 3.52. The molecule has 3 atom stereocenters. The van der Waals surface area contributed by atoms with Crippen LogP contribution in [0.3, 0.4) is 0 Å². The smallest absolute Gasteiger partial charge is 0.307 e. The van der Waals surface area contributed by atoms with Crippen LogP contribution in [0.15, 0.2) is 0 Å². The van der Waals surface area contributed by atoms with Gasteiger partial charge in [0.1, 0.15) is 6.04 Å². The molecule has 20 heavy (non-hydrogen) atoms. The standard InChI is InChI=1S/C14H22N2O4/c1-7(2)16-6-5-8(12(16)18)15-11(17)9-10(13(19)20)14(9,3)4/h7-10H,5-6H2,1-4H3,(H,15,17)(H,19,20)/t8?,9-,10+/m0/s1. The van der Waals surface area contributed by atoms with E-state index in [1.54, 1.807) is 18.7 Å². The summed E-state index contributed by atoms with van der Waals surface area (Å²) in [6, 6.07) is -0.385. The Morgan fingerprint density at radius 2 is 1.95 bits per heavy atom. The molecule has 2 amide bonds. The SMILES string of the molecule is CC(C)N1CCC(NC(=O)[C@@H]2[C@H](C(=O)O)C2(C)C)C1=O. The maximum Gasteiger partial charge on any atom is 0.307 e. The van der Waals surface area contributed by atoms with Crippen LogP contribution in [-0.2, 0) is 14.4 Å². The summed E-state index contributed by atoms with van der Waals surface area (Å²) < 4.78 is 0. The van der Waals surface area contributed by atoms with Gasteiger partial charge in [0, 0.05) is 12.6 Å². The maximum atomic E-state index is 12.2. The topological polar surface area (TPSA) is 86.7 Å². The van der Waals surface area contributed by atoms with Crippen molar-refractivity contribution < 1.29 is 19.5 Å². The van der Waals surface area contributed by atoms with Crippen molar-refractivity contribution >= 4 is 17.8 Å². The zero-order valence-corrected chi connectivity index (χ0v) is 12.3. The molecule has 0 aromatic carbocycles. The number of nitrogens with one attached hydrogen (secondary N) is 1. The van der Waals surface area contributed by atoms with Crippen molar-refractivity contribution in [3.8, 4) is 0 Å². The van der Waals surface area contributed by atoms with Crippen molar-refractivity contribution in [2.75, 3.05) is 6.54 Å². The summed E-state index contributed by atoms with van der Waals surface area (Å²) in [6.07, 6.45) is 0.591. The minimum absolute atomic E-state index is 0.0707. The largest absolute Gasteiger partial charge is 0.481 e. The molecule has 1 saturated carbocycles. The Morgan fingerprint density at radius 1 is 1.35 bits per heavy atom. The first-order chi connectivity index (χ1) is 9.17. The van der Waals surface area contributed by atoms with E-state index in [0.29, 0.717) is 13.0 Å². The lowest BCUT2D eigenvalue weighted by atomic mass is 10.1. The lowest BCUT2D eigenvalue weighted by Crippen LogP contribution is -2.44. The average molecular weight is 282 g/mol. The van der Waals surface area contributed by atoms with Crippen LogP contribution in [0.25, 0.3) is 0 Å². The molecule has 1 unspecified atom stereocenters. The number of hydrogen-bond donors (Lipinski definition) is 2. The summed E-state index contributed by atoms with van der Waals surface area (Å²) in [5, 5.41) is 11.8. The predicted molar refractivity (Wildman–Crippen MR) is 71.8 cm³/mol. The highest BCUT2D eigenvalue weighted by molar-refractivity contribution is 5.95. The van der Waals surface area contributed by atoms with Crippen LogP contribution in [0, 0.1) is 17.3 Å². The number of carbonyl (C=O) groups excluding carboxylic acids is 2. The highest BCUT2D eigenvalue weighted by Crippen LogP contribution is 2.58. The zero-order chi connectivity index (χ0) is 15.2. The number of carboxylic acid groups (broad SMARTS) is 1. The molecule has 1 heterocycles. The second-order valence-electron chi connectivity index (χ2n) is 6.59. The Bertz CT molecular complexity index is 458. The molecule has 1 aliphatic heterocycles. The molecule has 0 aromatic rings. The van der Waals surface area contributed by atoms with Gasteiger partial charge in [0.15, 0.2) is 0 Å². The Morgan fingerprint density at radius 3 is 2.35 bits per heavy atom. The van der Waals surface area contributed by atoms with E-state index in [0.717, 1.165) is 0 Å². The molecule has 0 spiro atoms. The molecule has 2 rings (SSSR count). The second-order valence-corrected chi connectivity index (χ2v) is 6.59. The van der Waals surface area contributed by atoms with E-state index in [9.17, 15) is 14.4 Å². The molecule has 6 heteroatoms. The molecule has 1 saturated heterocycles. The average Bonchev–Trinajstić information content (AvgIpc) is 2.72. The van der Waals surface area contributed by atoms with Crippen molar-refractivity contribution in [1.29, 1.82) is 0 Å². The lowest BCUT2D eigenvalue weighted by molar-refractivity contribution is -0.140. The minimum atomic E-state index is -0.947. The van der Waals surface area contributed by atoms with Crippen molar-refractivity contribution in [2.45, 2.75) is 46.2 Å². The van der Waals surface area contributed by atoms with Crippen LogP contribution < -0.4 is 5.32 Å². The fraction of sp³-hybridized carbons (Fsp3) is 0.786. The normalized spacial score (nSPS) is 31.6. The number of carbonyl (C=O) groups is 3. The number of carboxylic acids is 1. The van der Waals surface area contributed by atoms with Crippen LogP contribution in [0.1, 0.15) is 34.1 Å². The van der Waals surface area contributed by atoms with Gasteiger partial charge in [-0.25, -0.2) is 0 Å². The van der Waals surface area contributed by atoms with Crippen molar-refractivity contribution in [3.63, 3.8) is 0 Å². The molecule has 6 nitrogen and oxygen atoms in total. The summed E-state index contributed by atoms with van der Waals surface area (Å²) in [7, 11) is 0. The van der Waals surface area contributed by atoms with Gasteiger partial charge in [-0.15, -0.1) is 0 Å². The Labute approximate surface area is 118 Å². The third-order valence-corrected chi connectivity index (χ3v) is 4.56. The lowest BCUT2D eigenvalue weighted by Gasteiger charge is -2.21. The van der Waals surface area contributed by atoms with E-state index in [2.05, 4.69) is 5.32 Å². The van der Waals surface area contributed by atoms with Gasteiger partial charge in [0.2, 0.25) is 11.8 Å². The molecule has 0 aromatic heterocycles. The highest BCUT2D eigenvalue weighted by Gasteiger charge is 2.66. The van der Waals surface area contributed by atoms with E-state index in [1.165, 1.54) is 0 Å². The van der Waals surface area contributed by atoms with E-state index in [1.807, 2.05) is 13.8 Å². The van der Waals surface area contributed by atoms with Crippen molar-refractivity contribution in [3.05, 3.63) is 0 Å². The van der Waals surface area contributed by atoms with Crippen LogP contribution in [-0.4, -0.2) is 46.4 Å². The van der Waals surface area contributed by atoms with Crippen LogP contribution in [0.5, 0.6) is 0 Å². The predicted octanol–water partition coefficient (Wildman–Crippen LogP) is 0.469. The number of hydrogen-bond acceptors (Lipinski definition) is 3. The van der Waals surface area contributed by atoms with E-state index >= 15 is 0 Å². The van der Waals surface area contributed by atoms with Gasteiger partial charge in [-0.3, -0.25) is 14.4 Å². The molecule has 112 valence electrons. The van der Waals surface area contributed by atoms with Crippen molar-refractivity contribution in [2.24, 2.45) is 17.3 Å². The Hall–Kier alpha value is -1.59. The van der Waals surface area contributed by atoms with Crippen LogP contribution in [0.2, 0.25) is 0 Å². The molecule has 0 bridgehead atoms. The van der Waals surface area contributed by atoms with E-state index in [4.69, 9.17) is 5.11 Å². The number of amides is 2. The summed E-state index contributed by atoms with van der Waals surface area (Å²) >= 11 is 0. The molecular weight excluding hydrogens is 260 g/mol. The van der Waals surface area contributed by atoms with Crippen molar-refractivity contribution in [1.82, 2.24) is 10.2 Å². The number of likely N-dealkylation sites (tertiary alicyclic amines) is 1. The number of nitrogens with zero attached hydrogens (tertiary/aromatic N) is 1. The summed E-state index contributed by atoms with van der Waals surface area (Å²) in [5.41, 5.74) is -0.532. The van der Waals surface area contributed by atoms with Gasteiger partial charge in [-0.05, 0) is 25.7 Å². The minimum Gasteiger partial charge on any atom is -0.481 e.